The molecule has 100 valence electrons. The van der Waals surface area contributed by atoms with Gasteiger partial charge in [0.15, 0.2) is 0 Å². The zero-order chi connectivity index (χ0) is 14.0. The second kappa shape index (κ2) is 5.01. The Morgan fingerprint density at radius 1 is 1.47 bits per heavy atom. The van der Waals surface area contributed by atoms with Crippen molar-refractivity contribution < 1.29 is 9.90 Å². The summed E-state index contributed by atoms with van der Waals surface area (Å²) < 4.78 is 1.71. The normalized spacial score (nSPS) is 10.4. The van der Waals surface area contributed by atoms with Gasteiger partial charge in [0.25, 0.3) is 0 Å². The fraction of sp³-hybridized carbons (Fsp3) is 0.231. The van der Waals surface area contributed by atoms with Gasteiger partial charge in [-0.25, -0.2) is 4.79 Å². The van der Waals surface area contributed by atoms with Crippen molar-refractivity contribution >= 4 is 23.0 Å². The van der Waals surface area contributed by atoms with Gasteiger partial charge in [-0.15, -0.1) is 0 Å². The topological polar surface area (TPSA) is 93.2 Å². The van der Waals surface area contributed by atoms with Crippen LogP contribution >= 0.6 is 0 Å². The second-order valence-electron chi connectivity index (χ2n) is 4.25. The first-order valence-electron chi connectivity index (χ1n) is 5.93. The van der Waals surface area contributed by atoms with E-state index in [0.717, 1.165) is 17.8 Å². The van der Waals surface area contributed by atoms with E-state index < -0.39 is 5.97 Å². The summed E-state index contributed by atoms with van der Waals surface area (Å²) in [5, 5.41) is 16.4. The van der Waals surface area contributed by atoms with Crippen LogP contribution in [0.3, 0.4) is 0 Å². The van der Waals surface area contributed by atoms with Crippen molar-refractivity contribution in [2.24, 2.45) is 7.05 Å². The second-order valence-corrected chi connectivity index (χ2v) is 4.25. The Kier molecular flexibility index (Phi) is 3.41. The Morgan fingerprint density at radius 2 is 2.21 bits per heavy atom. The number of carboxylic acid groups (broad SMARTS) is 1. The Morgan fingerprint density at radius 3 is 2.84 bits per heavy atom. The van der Waals surface area contributed by atoms with Crippen molar-refractivity contribution in [2.45, 2.75) is 13.3 Å². The number of carbonyl (C=O) groups is 1. The molecule has 6 nitrogen and oxygen atoms in total. The molecule has 0 fully saturated rings. The lowest BCUT2D eigenvalue weighted by atomic mass is 10.1. The number of aromatic nitrogens is 2. The molecule has 6 heteroatoms. The third-order valence-corrected chi connectivity index (χ3v) is 2.81. The fourth-order valence-electron chi connectivity index (χ4n) is 1.84. The summed E-state index contributed by atoms with van der Waals surface area (Å²) in [4.78, 5) is 11.0. The minimum atomic E-state index is -0.982. The summed E-state index contributed by atoms with van der Waals surface area (Å²) in [5.74, 6) is -0.982. The highest BCUT2D eigenvalue weighted by Crippen LogP contribution is 2.26. The van der Waals surface area contributed by atoms with Crippen LogP contribution in [0.4, 0.5) is 17.1 Å². The molecule has 0 aliphatic carbocycles. The lowest BCUT2D eigenvalue weighted by Crippen LogP contribution is -2.02. The van der Waals surface area contributed by atoms with Gasteiger partial charge < -0.3 is 16.2 Å². The molecule has 0 spiro atoms. The first-order chi connectivity index (χ1) is 9.01. The third-order valence-electron chi connectivity index (χ3n) is 2.81. The molecule has 19 heavy (non-hydrogen) atoms. The number of rotatable bonds is 4. The summed E-state index contributed by atoms with van der Waals surface area (Å²) in [5.41, 5.74) is 8.85. The number of nitrogens with one attached hydrogen (secondary N) is 1. The van der Waals surface area contributed by atoms with E-state index in [2.05, 4.69) is 10.4 Å². The first kappa shape index (κ1) is 12.9. The molecule has 1 heterocycles. The molecule has 0 aliphatic heterocycles. The molecule has 0 amide bonds. The summed E-state index contributed by atoms with van der Waals surface area (Å²) >= 11 is 0. The zero-order valence-corrected chi connectivity index (χ0v) is 10.8. The summed E-state index contributed by atoms with van der Waals surface area (Å²) in [6.07, 6.45) is 2.62. The molecule has 0 bridgehead atoms. The minimum Gasteiger partial charge on any atom is -0.478 e. The minimum absolute atomic E-state index is 0.193. The summed E-state index contributed by atoms with van der Waals surface area (Å²) in [6.45, 7) is 2.00. The van der Waals surface area contributed by atoms with Crippen molar-refractivity contribution in [3.63, 3.8) is 0 Å². The monoisotopic (exact) mass is 260 g/mol. The Hall–Kier alpha value is -2.50. The van der Waals surface area contributed by atoms with Crippen LogP contribution in [-0.4, -0.2) is 20.9 Å². The molecular formula is C13H16N4O2. The number of nitrogens with two attached hydrogens (primary N) is 1. The standard InChI is InChI=1S/C13H16N4O2/c1-3-10-12(7-17(2)16-10)15-11-6-8(13(18)19)4-5-9(11)14/h4-7,15H,3,14H2,1-2H3,(H,18,19). The number of aryl methyl sites for hydroxylation is 2. The van der Waals surface area contributed by atoms with E-state index in [4.69, 9.17) is 10.8 Å². The summed E-state index contributed by atoms with van der Waals surface area (Å²) in [7, 11) is 1.83. The van der Waals surface area contributed by atoms with Gasteiger partial charge >= 0.3 is 5.97 Å². The zero-order valence-electron chi connectivity index (χ0n) is 10.8. The van der Waals surface area contributed by atoms with Gasteiger partial charge in [-0.1, -0.05) is 6.92 Å². The molecule has 0 unspecified atom stereocenters. The van der Waals surface area contributed by atoms with Gasteiger partial charge in [-0.3, -0.25) is 4.68 Å². The largest absolute Gasteiger partial charge is 0.478 e. The van der Waals surface area contributed by atoms with Crippen molar-refractivity contribution in [2.75, 3.05) is 11.1 Å². The van der Waals surface area contributed by atoms with Gasteiger partial charge in [0.2, 0.25) is 0 Å². The Balaban J connectivity index is 2.36. The maximum absolute atomic E-state index is 11.0. The van der Waals surface area contributed by atoms with Crippen LogP contribution in [-0.2, 0) is 13.5 Å². The van der Waals surface area contributed by atoms with Gasteiger partial charge in [-0.2, -0.15) is 5.10 Å². The molecule has 0 aliphatic rings. The predicted octanol–water partition coefficient (Wildman–Crippen LogP) is 2.01. The van der Waals surface area contributed by atoms with E-state index in [9.17, 15) is 4.79 Å². The highest BCUT2D eigenvalue weighted by Gasteiger charge is 2.10. The number of hydrogen-bond donors (Lipinski definition) is 3. The van der Waals surface area contributed by atoms with Crippen molar-refractivity contribution in [3.8, 4) is 0 Å². The van der Waals surface area contributed by atoms with E-state index in [0.29, 0.717) is 11.4 Å². The highest BCUT2D eigenvalue weighted by atomic mass is 16.4. The maximum Gasteiger partial charge on any atom is 0.335 e. The van der Waals surface area contributed by atoms with E-state index in [1.807, 2.05) is 20.2 Å². The van der Waals surface area contributed by atoms with Gasteiger partial charge in [-0.05, 0) is 24.6 Å². The Labute approximate surface area is 110 Å². The van der Waals surface area contributed by atoms with Crippen LogP contribution in [0.15, 0.2) is 24.4 Å². The van der Waals surface area contributed by atoms with Crippen LogP contribution in [0.5, 0.6) is 0 Å². The quantitative estimate of drug-likeness (QED) is 0.731. The number of aromatic carboxylic acids is 1. The van der Waals surface area contributed by atoms with Crippen molar-refractivity contribution in [1.29, 1.82) is 0 Å². The molecule has 0 saturated heterocycles. The summed E-state index contributed by atoms with van der Waals surface area (Å²) in [6, 6.07) is 4.57. The molecule has 0 radical (unpaired) electrons. The van der Waals surface area contributed by atoms with Gasteiger partial charge in [0.1, 0.15) is 0 Å². The molecule has 1 aromatic carbocycles. The highest BCUT2D eigenvalue weighted by molar-refractivity contribution is 5.91. The van der Waals surface area contributed by atoms with Crippen LogP contribution in [0.25, 0.3) is 0 Å². The fourth-order valence-corrected chi connectivity index (χ4v) is 1.84. The van der Waals surface area contributed by atoms with Crippen LogP contribution < -0.4 is 11.1 Å². The lowest BCUT2D eigenvalue weighted by Gasteiger charge is -2.09. The number of carboxylic acids is 1. The number of nitrogen functional groups attached to an aromatic ring is 1. The van der Waals surface area contributed by atoms with Crippen molar-refractivity contribution in [3.05, 3.63) is 35.7 Å². The number of nitrogens with zero attached hydrogens (tertiary/aromatic N) is 2. The van der Waals surface area contributed by atoms with Gasteiger partial charge in [0.05, 0.1) is 28.3 Å². The lowest BCUT2D eigenvalue weighted by molar-refractivity contribution is 0.0697. The molecule has 2 rings (SSSR count). The molecule has 0 saturated carbocycles. The predicted molar refractivity (Wildman–Crippen MR) is 73.7 cm³/mol. The maximum atomic E-state index is 11.0. The van der Waals surface area contributed by atoms with E-state index in [1.165, 1.54) is 12.1 Å². The average Bonchev–Trinajstić information content (AvgIpc) is 2.72. The van der Waals surface area contributed by atoms with E-state index in [-0.39, 0.29) is 5.56 Å². The van der Waals surface area contributed by atoms with Crippen molar-refractivity contribution in [1.82, 2.24) is 9.78 Å². The number of anilines is 3. The van der Waals surface area contributed by atoms with E-state index >= 15 is 0 Å². The molecule has 4 N–H and O–H groups in total. The number of benzene rings is 1. The molecular weight excluding hydrogens is 244 g/mol. The average molecular weight is 260 g/mol. The molecule has 0 atom stereocenters. The smallest absolute Gasteiger partial charge is 0.335 e. The van der Waals surface area contributed by atoms with Crippen LogP contribution in [0, 0.1) is 0 Å². The first-order valence-corrected chi connectivity index (χ1v) is 5.93. The Bertz CT molecular complexity index is 619. The third kappa shape index (κ3) is 2.67. The molecule has 1 aromatic heterocycles. The molecule has 2 aromatic rings. The van der Waals surface area contributed by atoms with E-state index in [1.54, 1.807) is 10.7 Å². The number of hydrogen-bond acceptors (Lipinski definition) is 4. The SMILES string of the molecule is CCc1nn(C)cc1Nc1cc(C(=O)O)ccc1N. The van der Waals surface area contributed by atoms with Crippen LogP contribution in [0.2, 0.25) is 0 Å². The van der Waals surface area contributed by atoms with Crippen LogP contribution in [0.1, 0.15) is 23.0 Å². The van der Waals surface area contributed by atoms with Gasteiger partial charge in [0, 0.05) is 13.2 Å².